The third-order valence-corrected chi connectivity index (χ3v) is 3.47. The van der Waals surface area contributed by atoms with Gasteiger partial charge in [-0.2, -0.15) is 0 Å². The monoisotopic (exact) mass is 233 g/mol. The van der Waals surface area contributed by atoms with E-state index >= 15 is 0 Å². The van der Waals surface area contributed by atoms with Crippen molar-refractivity contribution in [2.45, 2.75) is 38.3 Å². The van der Waals surface area contributed by atoms with Gasteiger partial charge in [-0.25, -0.2) is 0 Å². The van der Waals surface area contributed by atoms with Gasteiger partial charge in [0, 0.05) is 12.4 Å². The van der Waals surface area contributed by atoms with E-state index in [2.05, 4.69) is 10.3 Å². The Morgan fingerprint density at radius 2 is 2.12 bits per heavy atom. The highest BCUT2D eigenvalue weighted by Gasteiger charge is 2.44. The maximum atomic E-state index is 12.1. The highest BCUT2D eigenvalue weighted by atomic mass is 16.2. The number of aromatic nitrogens is 1. The number of nitrogens with one attached hydrogen (secondary N) is 1. The van der Waals surface area contributed by atoms with Crippen LogP contribution in [0.5, 0.6) is 0 Å². The molecule has 1 aromatic heterocycles. The van der Waals surface area contributed by atoms with E-state index in [9.17, 15) is 4.79 Å². The summed E-state index contributed by atoms with van der Waals surface area (Å²) >= 11 is 0. The average Bonchev–Trinajstić information content (AvgIpc) is 3.14. The van der Waals surface area contributed by atoms with E-state index in [1.54, 1.807) is 12.4 Å². The number of hydrogen-bond donors (Lipinski definition) is 2. The molecule has 0 spiro atoms. The molecule has 1 unspecified atom stereocenters. The SMILES string of the molecule is C[C@@H](NC(=O)C(C)(N)C1CC1)c1ccncc1. The van der Waals surface area contributed by atoms with Crippen LogP contribution in [-0.4, -0.2) is 16.4 Å². The Bertz CT molecular complexity index is 398. The lowest BCUT2D eigenvalue weighted by molar-refractivity contribution is -0.127. The normalized spacial score (nSPS) is 20.4. The molecule has 4 heteroatoms. The maximum Gasteiger partial charge on any atom is 0.240 e. The van der Waals surface area contributed by atoms with E-state index in [1.165, 1.54) is 0 Å². The van der Waals surface area contributed by atoms with Gasteiger partial charge in [-0.3, -0.25) is 9.78 Å². The first-order valence-corrected chi connectivity index (χ1v) is 6.01. The van der Waals surface area contributed by atoms with Crippen molar-refractivity contribution in [1.29, 1.82) is 0 Å². The molecular formula is C13H19N3O. The van der Waals surface area contributed by atoms with Crippen LogP contribution in [0, 0.1) is 5.92 Å². The molecule has 1 fully saturated rings. The second-order valence-corrected chi connectivity index (χ2v) is 5.03. The molecule has 92 valence electrons. The molecule has 1 heterocycles. The molecule has 4 nitrogen and oxygen atoms in total. The van der Waals surface area contributed by atoms with Crippen LogP contribution in [0.4, 0.5) is 0 Å². The van der Waals surface area contributed by atoms with Gasteiger partial charge < -0.3 is 11.1 Å². The zero-order valence-corrected chi connectivity index (χ0v) is 10.3. The van der Waals surface area contributed by atoms with Crippen molar-refractivity contribution in [3.63, 3.8) is 0 Å². The third kappa shape index (κ3) is 2.64. The molecule has 0 radical (unpaired) electrons. The first-order chi connectivity index (χ1) is 8.01. The molecule has 1 saturated carbocycles. The Labute approximate surface area is 102 Å². The number of nitrogens with two attached hydrogens (primary N) is 1. The Morgan fingerprint density at radius 3 is 2.65 bits per heavy atom. The van der Waals surface area contributed by atoms with Gasteiger partial charge in [0.1, 0.15) is 0 Å². The minimum Gasteiger partial charge on any atom is -0.348 e. The largest absolute Gasteiger partial charge is 0.348 e. The summed E-state index contributed by atoms with van der Waals surface area (Å²) in [6.07, 6.45) is 5.56. The lowest BCUT2D eigenvalue weighted by Gasteiger charge is -2.25. The fourth-order valence-electron chi connectivity index (χ4n) is 1.96. The maximum absolute atomic E-state index is 12.1. The molecule has 17 heavy (non-hydrogen) atoms. The van der Waals surface area contributed by atoms with Crippen LogP contribution in [0.15, 0.2) is 24.5 Å². The molecule has 1 aromatic rings. The quantitative estimate of drug-likeness (QED) is 0.825. The van der Waals surface area contributed by atoms with E-state index < -0.39 is 5.54 Å². The van der Waals surface area contributed by atoms with Crippen molar-refractivity contribution in [2.75, 3.05) is 0 Å². The molecule has 0 bridgehead atoms. The van der Waals surface area contributed by atoms with Gasteiger partial charge in [-0.05, 0) is 50.3 Å². The first kappa shape index (κ1) is 12.0. The number of amides is 1. The van der Waals surface area contributed by atoms with Crippen LogP contribution in [0.25, 0.3) is 0 Å². The zero-order valence-electron chi connectivity index (χ0n) is 10.3. The van der Waals surface area contributed by atoms with Crippen molar-refractivity contribution < 1.29 is 4.79 Å². The Kier molecular flexibility index (Phi) is 3.15. The van der Waals surface area contributed by atoms with E-state index in [-0.39, 0.29) is 11.9 Å². The fourth-order valence-corrected chi connectivity index (χ4v) is 1.96. The molecule has 0 aromatic carbocycles. The van der Waals surface area contributed by atoms with Gasteiger partial charge in [0.2, 0.25) is 5.91 Å². The van der Waals surface area contributed by atoms with Crippen LogP contribution in [0.1, 0.15) is 38.3 Å². The van der Waals surface area contributed by atoms with Crippen LogP contribution >= 0.6 is 0 Å². The smallest absolute Gasteiger partial charge is 0.240 e. The standard InChI is InChI=1S/C13H19N3O/c1-9(10-5-7-15-8-6-10)16-12(17)13(2,14)11-3-4-11/h5-9,11H,3-4,14H2,1-2H3,(H,16,17)/t9-,13?/m1/s1. The Morgan fingerprint density at radius 1 is 1.53 bits per heavy atom. The van der Waals surface area contributed by atoms with E-state index in [4.69, 9.17) is 5.73 Å². The lowest BCUT2D eigenvalue weighted by atomic mass is 9.95. The third-order valence-electron chi connectivity index (χ3n) is 3.47. The molecule has 2 rings (SSSR count). The predicted octanol–water partition coefficient (Wildman–Crippen LogP) is 1.39. The van der Waals surface area contributed by atoms with Crippen LogP contribution < -0.4 is 11.1 Å². The summed E-state index contributed by atoms with van der Waals surface area (Å²) < 4.78 is 0. The van der Waals surface area contributed by atoms with Crippen LogP contribution in [-0.2, 0) is 4.79 Å². The first-order valence-electron chi connectivity index (χ1n) is 6.01. The number of carbonyl (C=O) groups is 1. The van der Waals surface area contributed by atoms with Crippen LogP contribution in [0.2, 0.25) is 0 Å². The summed E-state index contributed by atoms with van der Waals surface area (Å²) in [5, 5.41) is 2.97. The van der Waals surface area contributed by atoms with Crippen molar-refractivity contribution in [3.8, 4) is 0 Å². The molecule has 2 atom stereocenters. The van der Waals surface area contributed by atoms with Gasteiger partial charge >= 0.3 is 0 Å². The van der Waals surface area contributed by atoms with Gasteiger partial charge in [0.05, 0.1) is 11.6 Å². The number of carbonyl (C=O) groups excluding carboxylic acids is 1. The Hall–Kier alpha value is -1.42. The van der Waals surface area contributed by atoms with Gasteiger partial charge in [0.25, 0.3) is 0 Å². The average molecular weight is 233 g/mol. The van der Waals surface area contributed by atoms with Crippen molar-refractivity contribution in [3.05, 3.63) is 30.1 Å². The van der Waals surface area contributed by atoms with Crippen molar-refractivity contribution in [1.82, 2.24) is 10.3 Å². The highest BCUT2D eigenvalue weighted by Crippen LogP contribution is 2.38. The van der Waals surface area contributed by atoms with Crippen molar-refractivity contribution in [2.24, 2.45) is 11.7 Å². The summed E-state index contributed by atoms with van der Waals surface area (Å²) in [7, 11) is 0. The topological polar surface area (TPSA) is 68.0 Å². The number of pyridine rings is 1. The number of hydrogen-bond acceptors (Lipinski definition) is 3. The summed E-state index contributed by atoms with van der Waals surface area (Å²) in [5.41, 5.74) is 6.37. The summed E-state index contributed by atoms with van der Waals surface area (Å²) in [6, 6.07) is 3.76. The van der Waals surface area contributed by atoms with Gasteiger partial charge in [-0.1, -0.05) is 0 Å². The molecule has 0 aliphatic heterocycles. The second kappa shape index (κ2) is 4.45. The number of nitrogens with zero attached hydrogens (tertiary/aromatic N) is 1. The van der Waals surface area contributed by atoms with Gasteiger partial charge in [0.15, 0.2) is 0 Å². The van der Waals surface area contributed by atoms with E-state index in [0.29, 0.717) is 5.92 Å². The summed E-state index contributed by atoms with van der Waals surface area (Å²) in [6.45, 7) is 3.77. The van der Waals surface area contributed by atoms with Crippen molar-refractivity contribution >= 4 is 5.91 Å². The highest BCUT2D eigenvalue weighted by molar-refractivity contribution is 5.86. The second-order valence-electron chi connectivity index (χ2n) is 5.03. The van der Waals surface area contributed by atoms with Crippen LogP contribution in [0.3, 0.4) is 0 Å². The zero-order chi connectivity index (χ0) is 12.5. The summed E-state index contributed by atoms with van der Waals surface area (Å²) in [5.74, 6) is 0.274. The van der Waals surface area contributed by atoms with E-state index in [1.807, 2.05) is 26.0 Å². The molecule has 1 aliphatic carbocycles. The lowest BCUT2D eigenvalue weighted by Crippen LogP contribution is -2.53. The molecule has 1 amide bonds. The molecule has 0 saturated heterocycles. The molecular weight excluding hydrogens is 214 g/mol. The fraction of sp³-hybridized carbons (Fsp3) is 0.538. The minimum atomic E-state index is -0.735. The predicted molar refractivity (Wildman–Crippen MR) is 66.1 cm³/mol. The number of rotatable bonds is 4. The summed E-state index contributed by atoms with van der Waals surface area (Å²) in [4.78, 5) is 16.0. The molecule has 1 aliphatic rings. The Balaban J connectivity index is 1.99. The van der Waals surface area contributed by atoms with Gasteiger partial charge in [-0.15, -0.1) is 0 Å². The minimum absolute atomic E-state index is 0.0351. The molecule has 3 N–H and O–H groups in total. The van der Waals surface area contributed by atoms with E-state index in [0.717, 1.165) is 18.4 Å².